The van der Waals surface area contributed by atoms with Gasteiger partial charge >= 0.3 is 5.97 Å². The second-order valence-corrected chi connectivity index (χ2v) is 7.01. The van der Waals surface area contributed by atoms with Crippen molar-refractivity contribution in [2.45, 2.75) is 19.9 Å². The first-order chi connectivity index (χ1) is 14.4. The molecule has 0 spiro atoms. The van der Waals surface area contributed by atoms with Crippen LogP contribution in [0, 0.1) is 0 Å². The number of hydrogen-bond acceptors (Lipinski definition) is 5. The minimum absolute atomic E-state index is 0.0222. The molecule has 0 aliphatic rings. The summed E-state index contributed by atoms with van der Waals surface area (Å²) in [5.41, 5.74) is 2.48. The molecule has 7 heteroatoms. The average molecular weight is 405 g/mol. The number of ether oxygens (including phenoxy) is 1. The third-order valence-electron chi connectivity index (χ3n) is 4.24. The Bertz CT molecular complexity index is 1060. The largest absolute Gasteiger partial charge is 0.452 e. The summed E-state index contributed by atoms with van der Waals surface area (Å²) in [5, 5.41) is 5.73. The van der Waals surface area contributed by atoms with Gasteiger partial charge in [-0.25, -0.2) is 9.78 Å². The molecule has 0 bridgehead atoms. The van der Waals surface area contributed by atoms with Crippen molar-refractivity contribution in [1.29, 1.82) is 0 Å². The van der Waals surface area contributed by atoms with Crippen LogP contribution in [0.25, 0.3) is 22.2 Å². The highest BCUT2D eigenvalue weighted by atomic mass is 16.5. The zero-order valence-electron chi connectivity index (χ0n) is 16.8. The van der Waals surface area contributed by atoms with Gasteiger partial charge in [-0.05, 0) is 26.0 Å². The Morgan fingerprint density at radius 3 is 2.40 bits per heavy atom. The zero-order chi connectivity index (χ0) is 21.5. The number of benzene rings is 2. The molecule has 1 heterocycles. The molecular formula is C23H23N3O4. The first-order valence-electron chi connectivity index (χ1n) is 9.62. The third-order valence-corrected chi connectivity index (χ3v) is 4.24. The van der Waals surface area contributed by atoms with E-state index in [0.717, 1.165) is 5.56 Å². The van der Waals surface area contributed by atoms with Crippen LogP contribution >= 0.6 is 0 Å². The van der Waals surface area contributed by atoms with Gasteiger partial charge in [0.25, 0.3) is 5.91 Å². The third kappa shape index (κ3) is 5.41. The molecule has 2 N–H and O–H groups in total. The normalized spacial score (nSPS) is 10.6. The summed E-state index contributed by atoms with van der Waals surface area (Å²) in [6.45, 7) is 2.99. The zero-order valence-corrected chi connectivity index (χ0v) is 16.8. The van der Waals surface area contributed by atoms with Crippen LogP contribution in [-0.4, -0.2) is 42.0 Å². The summed E-state index contributed by atoms with van der Waals surface area (Å²) in [6.07, 6.45) is 0. The fraction of sp³-hybridized carbons (Fsp3) is 0.217. The molecule has 2 amide bonds. The molecule has 0 saturated heterocycles. The summed E-state index contributed by atoms with van der Waals surface area (Å²) in [7, 11) is 0. The molecule has 7 nitrogen and oxygen atoms in total. The van der Waals surface area contributed by atoms with Crippen LogP contribution in [0.1, 0.15) is 24.2 Å². The van der Waals surface area contributed by atoms with Crippen molar-refractivity contribution in [1.82, 2.24) is 15.6 Å². The molecular weight excluding hydrogens is 382 g/mol. The second kappa shape index (κ2) is 9.65. The van der Waals surface area contributed by atoms with Gasteiger partial charge < -0.3 is 15.4 Å². The molecule has 1 aromatic heterocycles. The van der Waals surface area contributed by atoms with Crippen molar-refractivity contribution >= 4 is 28.7 Å². The number of hydrogen-bond donors (Lipinski definition) is 2. The topological polar surface area (TPSA) is 97.4 Å². The van der Waals surface area contributed by atoms with Crippen molar-refractivity contribution in [3.8, 4) is 11.3 Å². The number of nitrogens with one attached hydrogen (secondary N) is 2. The quantitative estimate of drug-likeness (QED) is 0.589. The predicted octanol–water partition coefficient (Wildman–Crippen LogP) is 2.70. The molecule has 30 heavy (non-hydrogen) atoms. The van der Waals surface area contributed by atoms with Crippen molar-refractivity contribution in [3.63, 3.8) is 0 Å². The number of fused-ring (bicyclic) bond motifs is 1. The van der Waals surface area contributed by atoms with Gasteiger partial charge in [0.05, 0.1) is 23.3 Å². The summed E-state index contributed by atoms with van der Waals surface area (Å²) >= 11 is 0. The number of esters is 1. The highest BCUT2D eigenvalue weighted by Gasteiger charge is 2.17. The van der Waals surface area contributed by atoms with Gasteiger partial charge in [0.1, 0.15) is 0 Å². The monoisotopic (exact) mass is 405 g/mol. The highest BCUT2D eigenvalue weighted by Crippen LogP contribution is 2.25. The van der Waals surface area contributed by atoms with Gasteiger partial charge in [-0.3, -0.25) is 9.59 Å². The fourth-order valence-electron chi connectivity index (χ4n) is 2.91. The Kier molecular flexibility index (Phi) is 6.75. The minimum Gasteiger partial charge on any atom is -0.452 e. The van der Waals surface area contributed by atoms with E-state index in [-0.39, 0.29) is 18.5 Å². The maximum atomic E-state index is 12.7. The SMILES string of the molecule is CC(C)NC(=O)CNC(=O)COC(=O)c1cc(-c2ccccc2)nc2ccccc12. The van der Waals surface area contributed by atoms with Crippen LogP contribution in [0.15, 0.2) is 60.7 Å². The van der Waals surface area contributed by atoms with Gasteiger partial charge in [-0.1, -0.05) is 48.5 Å². The van der Waals surface area contributed by atoms with E-state index in [4.69, 9.17) is 4.74 Å². The second-order valence-electron chi connectivity index (χ2n) is 7.01. The highest BCUT2D eigenvalue weighted by molar-refractivity contribution is 6.05. The lowest BCUT2D eigenvalue weighted by atomic mass is 10.0. The van der Waals surface area contributed by atoms with E-state index in [2.05, 4.69) is 15.6 Å². The lowest BCUT2D eigenvalue weighted by Gasteiger charge is -2.11. The molecule has 2 aromatic carbocycles. The maximum Gasteiger partial charge on any atom is 0.339 e. The van der Waals surface area contributed by atoms with Crippen molar-refractivity contribution in [2.24, 2.45) is 0 Å². The van der Waals surface area contributed by atoms with E-state index in [9.17, 15) is 14.4 Å². The Morgan fingerprint density at radius 1 is 0.967 bits per heavy atom. The minimum atomic E-state index is -0.632. The van der Waals surface area contributed by atoms with E-state index < -0.39 is 18.5 Å². The van der Waals surface area contributed by atoms with Crippen molar-refractivity contribution in [3.05, 3.63) is 66.2 Å². The van der Waals surface area contributed by atoms with Crippen LogP contribution in [0.2, 0.25) is 0 Å². The number of carbonyl (C=O) groups excluding carboxylic acids is 3. The first kappa shape index (κ1) is 21.0. The standard InChI is InChI=1S/C23H23N3O4/c1-15(2)25-21(27)13-24-22(28)14-30-23(29)18-12-20(16-8-4-3-5-9-16)26-19-11-7-6-10-17(18)19/h3-12,15H,13-14H2,1-2H3,(H,24,28)(H,25,27). The number of nitrogens with zero attached hydrogens (tertiary/aromatic N) is 1. The Balaban J connectivity index is 1.73. The van der Waals surface area contributed by atoms with E-state index in [1.165, 1.54) is 0 Å². The molecule has 0 unspecified atom stereocenters. The number of aromatic nitrogens is 1. The summed E-state index contributed by atoms with van der Waals surface area (Å²) in [5.74, 6) is -1.49. The molecule has 0 fully saturated rings. The molecule has 0 radical (unpaired) electrons. The van der Waals surface area contributed by atoms with Gasteiger partial charge in [0.15, 0.2) is 6.61 Å². The van der Waals surface area contributed by atoms with E-state index in [1.807, 2.05) is 62.4 Å². The Morgan fingerprint density at radius 2 is 1.67 bits per heavy atom. The van der Waals surface area contributed by atoms with Gasteiger partial charge in [0.2, 0.25) is 5.91 Å². The number of rotatable bonds is 7. The lowest BCUT2D eigenvalue weighted by Crippen LogP contribution is -2.41. The molecule has 3 aromatic rings. The smallest absolute Gasteiger partial charge is 0.339 e. The fourth-order valence-corrected chi connectivity index (χ4v) is 2.91. The van der Waals surface area contributed by atoms with Crippen LogP contribution in [-0.2, 0) is 14.3 Å². The van der Waals surface area contributed by atoms with Crippen LogP contribution in [0.3, 0.4) is 0 Å². The Hall–Kier alpha value is -3.74. The van der Waals surface area contributed by atoms with Crippen LogP contribution < -0.4 is 10.6 Å². The predicted molar refractivity (Wildman–Crippen MR) is 114 cm³/mol. The summed E-state index contributed by atoms with van der Waals surface area (Å²) in [4.78, 5) is 40.9. The number of carbonyl (C=O) groups is 3. The summed E-state index contributed by atoms with van der Waals surface area (Å²) in [6, 6.07) is 18.4. The molecule has 0 atom stereocenters. The van der Waals surface area contributed by atoms with Gasteiger partial charge in [-0.2, -0.15) is 0 Å². The average Bonchev–Trinajstić information content (AvgIpc) is 2.75. The van der Waals surface area contributed by atoms with E-state index in [0.29, 0.717) is 22.2 Å². The number of para-hydroxylation sites is 1. The molecule has 3 rings (SSSR count). The van der Waals surface area contributed by atoms with E-state index >= 15 is 0 Å². The maximum absolute atomic E-state index is 12.7. The first-order valence-corrected chi connectivity index (χ1v) is 9.62. The van der Waals surface area contributed by atoms with Crippen LogP contribution in [0.4, 0.5) is 0 Å². The molecule has 154 valence electrons. The molecule has 0 aliphatic carbocycles. The van der Waals surface area contributed by atoms with E-state index in [1.54, 1.807) is 12.1 Å². The number of amides is 2. The number of pyridine rings is 1. The van der Waals surface area contributed by atoms with Crippen molar-refractivity contribution in [2.75, 3.05) is 13.2 Å². The Labute approximate surface area is 174 Å². The summed E-state index contributed by atoms with van der Waals surface area (Å²) < 4.78 is 5.19. The molecule has 0 aliphatic heterocycles. The molecule has 0 saturated carbocycles. The van der Waals surface area contributed by atoms with Crippen molar-refractivity contribution < 1.29 is 19.1 Å². The van der Waals surface area contributed by atoms with Crippen LogP contribution in [0.5, 0.6) is 0 Å². The van der Waals surface area contributed by atoms with Gasteiger partial charge in [-0.15, -0.1) is 0 Å². The lowest BCUT2D eigenvalue weighted by molar-refractivity contribution is -0.128. The van der Waals surface area contributed by atoms with Gasteiger partial charge in [0, 0.05) is 17.0 Å².